The fraction of sp³-hybridized carbons (Fsp3) is 0.542. The predicted octanol–water partition coefficient (Wildman–Crippen LogP) is 4.26. The van der Waals surface area contributed by atoms with E-state index < -0.39 is 0 Å². The first-order valence-electron chi connectivity index (χ1n) is 11.1. The molecule has 1 aromatic heterocycles. The highest BCUT2D eigenvalue weighted by molar-refractivity contribution is 5.93. The van der Waals surface area contributed by atoms with E-state index in [1.807, 2.05) is 17.9 Å². The van der Waals surface area contributed by atoms with Crippen LogP contribution in [0.2, 0.25) is 0 Å². The minimum absolute atomic E-state index is 0.0599. The molecule has 2 aromatic rings. The van der Waals surface area contributed by atoms with E-state index in [2.05, 4.69) is 45.2 Å². The van der Waals surface area contributed by atoms with E-state index in [4.69, 9.17) is 0 Å². The van der Waals surface area contributed by atoms with Crippen LogP contribution in [0.1, 0.15) is 60.4 Å². The van der Waals surface area contributed by atoms with Crippen molar-refractivity contribution in [2.45, 2.75) is 51.9 Å². The van der Waals surface area contributed by atoms with Crippen LogP contribution in [0.5, 0.6) is 0 Å². The van der Waals surface area contributed by atoms with E-state index >= 15 is 0 Å². The zero-order valence-electron chi connectivity index (χ0n) is 17.5. The second kappa shape index (κ2) is 9.38. The zero-order valence-corrected chi connectivity index (χ0v) is 17.5. The quantitative estimate of drug-likeness (QED) is 0.780. The highest BCUT2D eigenvalue weighted by atomic mass is 16.2. The van der Waals surface area contributed by atoms with Crippen molar-refractivity contribution in [3.63, 3.8) is 0 Å². The number of nitrogens with zero attached hydrogens (tertiary/aromatic N) is 4. The summed E-state index contributed by atoms with van der Waals surface area (Å²) in [5.41, 5.74) is 1.95. The summed E-state index contributed by atoms with van der Waals surface area (Å²) < 4.78 is 0. The second-order valence-electron chi connectivity index (χ2n) is 8.49. The Bertz CT molecular complexity index is 807. The van der Waals surface area contributed by atoms with Crippen LogP contribution in [0.4, 0.5) is 5.82 Å². The number of carbonyl (C=O) groups is 1. The van der Waals surface area contributed by atoms with Gasteiger partial charge in [0.25, 0.3) is 5.91 Å². The number of likely N-dealkylation sites (tertiary alicyclic amines) is 1. The molecule has 2 fully saturated rings. The number of benzene rings is 1. The molecule has 0 N–H and O–H groups in total. The van der Waals surface area contributed by atoms with Gasteiger partial charge in [0.1, 0.15) is 17.3 Å². The third-order valence-electron chi connectivity index (χ3n) is 6.24. The van der Waals surface area contributed by atoms with Crippen LogP contribution in [0.15, 0.2) is 36.4 Å². The Balaban J connectivity index is 1.39. The third kappa shape index (κ3) is 5.14. The Morgan fingerprint density at radius 3 is 2.34 bits per heavy atom. The normalized spacial score (nSPS) is 18.5. The summed E-state index contributed by atoms with van der Waals surface area (Å²) in [5.74, 6) is 2.32. The molecule has 0 atom stereocenters. The van der Waals surface area contributed by atoms with Gasteiger partial charge in [-0.15, -0.1) is 0 Å². The fourth-order valence-electron chi connectivity index (χ4n) is 4.57. The monoisotopic (exact) mass is 392 g/mol. The summed E-state index contributed by atoms with van der Waals surface area (Å²) >= 11 is 0. The smallest absolute Gasteiger partial charge is 0.272 e. The molecule has 5 heteroatoms. The average Bonchev–Trinajstić information content (AvgIpc) is 3.04. The van der Waals surface area contributed by atoms with Crippen molar-refractivity contribution < 1.29 is 4.79 Å². The average molecular weight is 393 g/mol. The number of amides is 1. The third-order valence-corrected chi connectivity index (χ3v) is 6.24. The first kappa shape index (κ1) is 19.9. The molecular weight excluding hydrogens is 360 g/mol. The molecule has 0 saturated carbocycles. The number of rotatable bonds is 4. The lowest BCUT2D eigenvalue weighted by atomic mass is 9.90. The van der Waals surface area contributed by atoms with E-state index in [1.54, 1.807) is 0 Å². The highest BCUT2D eigenvalue weighted by Gasteiger charge is 2.25. The van der Waals surface area contributed by atoms with Crippen LogP contribution in [0.3, 0.4) is 0 Å². The lowest BCUT2D eigenvalue weighted by molar-refractivity contribution is 0.0684. The van der Waals surface area contributed by atoms with Gasteiger partial charge in [0, 0.05) is 32.2 Å². The van der Waals surface area contributed by atoms with Crippen molar-refractivity contribution >= 4 is 11.7 Å². The molecule has 0 bridgehead atoms. The summed E-state index contributed by atoms with van der Waals surface area (Å²) in [6.07, 6.45) is 8.18. The fourth-order valence-corrected chi connectivity index (χ4v) is 4.57. The number of carbonyl (C=O) groups excluding carboxylic acids is 1. The van der Waals surface area contributed by atoms with E-state index in [1.165, 1.54) is 31.2 Å². The summed E-state index contributed by atoms with van der Waals surface area (Å²) in [6, 6.07) is 12.6. The molecule has 2 aliphatic rings. The van der Waals surface area contributed by atoms with Crippen LogP contribution in [-0.2, 0) is 6.42 Å². The summed E-state index contributed by atoms with van der Waals surface area (Å²) in [5, 5.41) is 0. The Kier molecular flexibility index (Phi) is 6.43. The molecule has 0 unspecified atom stereocenters. The van der Waals surface area contributed by atoms with Crippen molar-refractivity contribution in [2.75, 3.05) is 31.1 Å². The molecule has 3 heterocycles. The van der Waals surface area contributed by atoms with Crippen molar-refractivity contribution in [1.82, 2.24) is 14.9 Å². The maximum absolute atomic E-state index is 13.1. The molecule has 29 heavy (non-hydrogen) atoms. The molecule has 0 spiro atoms. The number of anilines is 1. The van der Waals surface area contributed by atoms with Crippen molar-refractivity contribution in [2.24, 2.45) is 5.92 Å². The lowest BCUT2D eigenvalue weighted by Crippen LogP contribution is -2.39. The molecule has 2 saturated heterocycles. The van der Waals surface area contributed by atoms with Crippen molar-refractivity contribution in [3.05, 3.63) is 53.5 Å². The molecule has 0 aliphatic carbocycles. The van der Waals surface area contributed by atoms with E-state index in [0.29, 0.717) is 17.4 Å². The molecule has 4 rings (SSSR count). The van der Waals surface area contributed by atoms with Crippen LogP contribution in [0.25, 0.3) is 0 Å². The summed E-state index contributed by atoms with van der Waals surface area (Å²) in [6.45, 7) is 5.57. The Morgan fingerprint density at radius 1 is 0.966 bits per heavy atom. The van der Waals surface area contributed by atoms with Gasteiger partial charge in [-0.05, 0) is 50.5 Å². The van der Waals surface area contributed by atoms with Gasteiger partial charge in [-0.1, -0.05) is 43.2 Å². The predicted molar refractivity (Wildman–Crippen MR) is 116 cm³/mol. The Morgan fingerprint density at radius 2 is 1.66 bits per heavy atom. The number of hydrogen-bond acceptors (Lipinski definition) is 4. The minimum atomic E-state index is 0.0599. The number of hydrogen-bond donors (Lipinski definition) is 0. The van der Waals surface area contributed by atoms with Gasteiger partial charge >= 0.3 is 0 Å². The maximum atomic E-state index is 13.1. The van der Waals surface area contributed by atoms with Gasteiger partial charge in [0.05, 0.1) is 0 Å². The molecule has 0 radical (unpaired) electrons. The first-order valence-corrected chi connectivity index (χ1v) is 11.1. The first-order chi connectivity index (χ1) is 14.2. The van der Waals surface area contributed by atoms with E-state index in [-0.39, 0.29) is 5.91 Å². The molecule has 2 aliphatic heterocycles. The van der Waals surface area contributed by atoms with Crippen LogP contribution in [-0.4, -0.2) is 47.0 Å². The molecule has 5 nitrogen and oxygen atoms in total. The molecule has 1 amide bonds. The van der Waals surface area contributed by atoms with Gasteiger partial charge in [0.15, 0.2) is 0 Å². The summed E-state index contributed by atoms with van der Waals surface area (Å²) in [7, 11) is 0. The van der Waals surface area contributed by atoms with E-state index in [0.717, 1.165) is 51.3 Å². The van der Waals surface area contributed by atoms with Gasteiger partial charge in [-0.25, -0.2) is 9.97 Å². The zero-order chi connectivity index (χ0) is 20.1. The highest BCUT2D eigenvalue weighted by Crippen LogP contribution is 2.24. The van der Waals surface area contributed by atoms with Crippen molar-refractivity contribution in [1.29, 1.82) is 0 Å². The second-order valence-corrected chi connectivity index (χ2v) is 8.49. The maximum Gasteiger partial charge on any atom is 0.272 e. The van der Waals surface area contributed by atoms with Crippen LogP contribution >= 0.6 is 0 Å². The SMILES string of the molecule is Cc1nc(C(=O)N2CCC(Cc3ccccc3)CC2)cc(N2CCCCCC2)n1. The number of aromatic nitrogens is 2. The van der Waals surface area contributed by atoms with Gasteiger partial charge in [-0.2, -0.15) is 0 Å². The topological polar surface area (TPSA) is 49.3 Å². The standard InChI is InChI=1S/C24H32N4O/c1-19-25-22(18-23(26-19)27-13-7-2-3-8-14-27)24(29)28-15-11-21(12-16-28)17-20-9-5-4-6-10-20/h4-6,9-10,18,21H,2-3,7-8,11-17H2,1H3. The lowest BCUT2D eigenvalue weighted by Gasteiger charge is -2.32. The molecule has 1 aromatic carbocycles. The molecule has 154 valence electrons. The number of piperidine rings is 1. The van der Waals surface area contributed by atoms with Crippen LogP contribution in [0, 0.1) is 12.8 Å². The molecular formula is C24H32N4O. The van der Waals surface area contributed by atoms with Gasteiger partial charge < -0.3 is 9.80 Å². The Labute approximate surface area is 174 Å². The van der Waals surface area contributed by atoms with Gasteiger partial charge in [-0.3, -0.25) is 4.79 Å². The van der Waals surface area contributed by atoms with Crippen molar-refractivity contribution in [3.8, 4) is 0 Å². The largest absolute Gasteiger partial charge is 0.356 e. The summed E-state index contributed by atoms with van der Waals surface area (Å²) in [4.78, 5) is 26.6. The Hall–Kier alpha value is -2.43. The van der Waals surface area contributed by atoms with Crippen LogP contribution < -0.4 is 4.90 Å². The minimum Gasteiger partial charge on any atom is -0.356 e. The van der Waals surface area contributed by atoms with Gasteiger partial charge in [0.2, 0.25) is 0 Å². The number of aryl methyl sites for hydroxylation is 1. The van der Waals surface area contributed by atoms with E-state index in [9.17, 15) is 4.79 Å².